The first-order valence-corrected chi connectivity index (χ1v) is 9.35. The van der Waals surface area contributed by atoms with E-state index in [0.717, 1.165) is 0 Å². The van der Waals surface area contributed by atoms with Crippen molar-refractivity contribution in [1.29, 1.82) is 0 Å². The first-order chi connectivity index (χ1) is 13.4. The molecule has 2 heterocycles. The van der Waals surface area contributed by atoms with Gasteiger partial charge in [0.2, 0.25) is 0 Å². The Kier molecular flexibility index (Phi) is 7.95. The third-order valence-electron chi connectivity index (χ3n) is 5.61. The Bertz CT molecular complexity index is 561. The van der Waals surface area contributed by atoms with Crippen molar-refractivity contribution in [3.63, 3.8) is 0 Å². The van der Waals surface area contributed by atoms with Crippen LogP contribution in [0.15, 0.2) is 0 Å². The molecule has 0 amide bonds. The molecule has 0 aromatic carbocycles. The number of rotatable bonds is 7. The fourth-order valence-electron chi connectivity index (χ4n) is 3.55. The van der Waals surface area contributed by atoms with Gasteiger partial charge in [0.05, 0.1) is 31.5 Å². The molecule has 8 N–H and O–H groups in total. The molecule has 0 bridgehead atoms. The highest BCUT2D eigenvalue weighted by atomic mass is 16.7. The molecule has 0 saturated carbocycles. The van der Waals surface area contributed by atoms with Crippen LogP contribution in [0.3, 0.4) is 0 Å². The van der Waals surface area contributed by atoms with Crippen molar-refractivity contribution < 1.29 is 59.9 Å². The lowest BCUT2D eigenvalue weighted by atomic mass is 9.84. The summed E-state index contributed by atoms with van der Waals surface area (Å²) in [6.07, 6.45) is -13.1. The van der Waals surface area contributed by atoms with E-state index in [1.54, 1.807) is 0 Å². The SMILES string of the molecule is C[C@@H]1OC(CO[C@]2(C(=O)O)C[C@@H](O)[C@@H](C)C([C@H](O)[C@H](O)CO)O2)[C@@H](O)C(O)[C@@H]1O. The fourth-order valence-corrected chi connectivity index (χ4v) is 3.55. The van der Waals surface area contributed by atoms with Crippen LogP contribution in [0.2, 0.25) is 0 Å². The summed E-state index contributed by atoms with van der Waals surface area (Å²) in [4.78, 5) is 11.9. The number of carbonyl (C=O) groups is 1. The normalized spacial score (nSPS) is 45.6. The van der Waals surface area contributed by atoms with Crippen LogP contribution in [-0.4, -0.2) is 121 Å². The first kappa shape index (κ1) is 24.3. The molecular weight excluding hydrogens is 396 g/mol. The number of carboxylic acids is 1. The minimum Gasteiger partial charge on any atom is -0.477 e. The van der Waals surface area contributed by atoms with Gasteiger partial charge >= 0.3 is 5.97 Å². The smallest absolute Gasteiger partial charge is 0.364 e. The van der Waals surface area contributed by atoms with Crippen LogP contribution in [0.5, 0.6) is 0 Å². The maximum atomic E-state index is 11.9. The van der Waals surface area contributed by atoms with E-state index < -0.39 is 92.2 Å². The van der Waals surface area contributed by atoms with Crippen molar-refractivity contribution in [2.24, 2.45) is 5.92 Å². The summed E-state index contributed by atoms with van der Waals surface area (Å²) in [6, 6.07) is 0. The highest BCUT2D eigenvalue weighted by Gasteiger charge is 2.55. The third-order valence-corrected chi connectivity index (χ3v) is 5.61. The molecule has 2 fully saturated rings. The molecule has 11 atom stereocenters. The van der Waals surface area contributed by atoms with Crippen molar-refractivity contribution in [2.45, 2.75) is 81.0 Å². The van der Waals surface area contributed by atoms with Crippen LogP contribution < -0.4 is 0 Å². The van der Waals surface area contributed by atoms with Gasteiger partial charge in [-0.1, -0.05) is 6.92 Å². The second kappa shape index (κ2) is 9.47. The second-order valence-electron chi connectivity index (χ2n) is 7.67. The number of aliphatic carboxylic acids is 1. The summed E-state index contributed by atoms with van der Waals surface area (Å²) in [6.45, 7) is 1.53. The molecule has 0 spiro atoms. The van der Waals surface area contributed by atoms with Gasteiger partial charge in [-0.15, -0.1) is 0 Å². The van der Waals surface area contributed by atoms with E-state index in [2.05, 4.69) is 0 Å². The van der Waals surface area contributed by atoms with Crippen molar-refractivity contribution >= 4 is 5.97 Å². The summed E-state index contributed by atoms with van der Waals surface area (Å²) < 4.78 is 16.2. The topological polar surface area (TPSA) is 207 Å². The van der Waals surface area contributed by atoms with Gasteiger partial charge in [-0.2, -0.15) is 0 Å². The Labute approximate surface area is 166 Å². The summed E-state index contributed by atoms with van der Waals surface area (Å²) in [7, 11) is 0. The van der Waals surface area contributed by atoms with Gasteiger partial charge in [0.25, 0.3) is 5.79 Å². The Balaban J connectivity index is 2.19. The summed E-state index contributed by atoms with van der Waals surface area (Å²) in [5.41, 5.74) is 0. The molecule has 29 heavy (non-hydrogen) atoms. The first-order valence-electron chi connectivity index (χ1n) is 9.35. The van der Waals surface area contributed by atoms with Crippen LogP contribution in [0, 0.1) is 5.92 Å². The molecule has 0 radical (unpaired) electrons. The highest BCUT2D eigenvalue weighted by Crippen LogP contribution is 2.37. The maximum Gasteiger partial charge on any atom is 0.364 e. The molecule has 12 nitrogen and oxygen atoms in total. The lowest BCUT2D eigenvalue weighted by molar-refractivity contribution is -0.329. The predicted molar refractivity (Wildman–Crippen MR) is 92.4 cm³/mol. The van der Waals surface area contributed by atoms with Gasteiger partial charge in [-0.3, -0.25) is 0 Å². The Morgan fingerprint density at radius 3 is 2.31 bits per heavy atom. The lowest BCUT2D eigenvalue weighted by Crippen LogP contribution is -2.63. The van der Waals surface area contributed by atoms with Crippen molar-refractivity contribution in [3.8, 4) is 0 Å². The van der Waals surface area contributed by atoms with Crippen molar-refractivity contribution in [1.82, 2.24) is 0 Å². The van der Waals surface area contributed by atoms with E-state index in [0.29, 0.717) is 0 Å². The van der Waals surface area contributed by atoms with E-state index in [4.69, 9.17) is 19.3 Å². The minimum absolute atomic E-state index is 0.522. The van der Waals surface area contributed by atoms with Gasteiger partial charge in [0.15, 0.2) is 0 Å². The molecule has 2 rings (SSSR count). The van der Waals surface area contributed by atoms with E-state index in [1.165, 1.54) is 13.8 Å². The molecule has 0 aromatic heterocycles. The molecule has 0 aromatic rings. The Morgan fingerprint density at radius 1 is 1.14 bits per heavy atom. The van der Waals surface area contributed by atoms with Crippen LogP contribution in [0.1, 0.15) is 20.3 Å². The van der Waals surface area contributed by atoms with Gasteiger partial charge in [0, 0.05) is 12.3 Å². The molecule has 12 heteroatoms. The van der Waals surface area contributed by atoms with Gasteiger partial charge in [-0.05, 0) is 6.92 Å². The van der Waals surface area contributed by atoms with E-state index >= 15 is 0 Å². The molecule has 170 valence electrons. The summed E-state index contributed by atoms with van der Waals surface area (Å²) in [5, 5.41) is 78.6. The third kappa shape index (κ3) is 4.88. The monoisotopic (exact) mass is 426 g/mol. The van der Waals surface area contributed by atoms with Crippen molar-refractivity contribution in [3.05, 3.63) is 0 Å². The lowest BCUT2D eigenvalue weighted by Gasteiger charge is -2.46. The molecular formula is C17H30O12. The van der Waals surface area contributed by atoms with Gasteiger partial charge in [-0.25, -0.2) is 4.79 Å². The van der Waals surface area contributed by atoms with Crippen LogP contribution >= 0.6 is 0 Å². The summed E-state index contributed by atoms with van der Waals surface area (Å²) in [5.74, 6) is -4.87. The Morgan fingerprint density at radius 2 is 1.76 bits per heavy atom. The summed E-state index contributed by atoms with van der Waals surface area (Å²) >= 11 is 0. The van der Waals surface area contributed by atoms with Gasteiger partial charge < -0.3 is 55.1 Å². The zero-order valence-corrected chi connectivity index (χ0v) is 16.1. The van der Waals surface area contributed by atoms with Gasteiger partial charge in [0.1, 0.15) is 36.6 Å². The standard InChI is InChI=1S/C17H30O12/c1-6-8(19)3-17(16(25)26,29-15(6)12(22)9(20)4-18)27-5-10-13(23)14(24)11(21)7(2)28-10/h6-15,18-24H,3-5H2,1-2H3,(H,25,26)/t6-,7+,8-,9-,10?,11-,12-,13-,14?,15?,17-/m1/s1. The van der Waals surface area contributed by atoms with Crippen molar-refractivity contribution in [2.75, 3.05) is 13.2 Å². The molecule has 0 aliphatic carbocycles. The maximum absolute atomic E-state index is 11.9. The van der Waals surface area contributed by atoms with Crippen LogP contribution in [-0.2, 0) is 19.0 Å². The fraction of sp³-hybridized carbons (Fsp3) is 0.941. The van der Waals surface area contributed by atoms with E-state index in [-0.39, 0.29) is 0 Å². The average Bonchev–Trinajstić information content (AvgIpc) is 2.69. The molecule has 2 aliphatic heterocycles. The minimum atomic E-state index is -2.44. The number of hydrogen-bond acceptors (Lipinski definition) is 11. The Hall–Kier alpha value is -0.930. The van der Waals surface area contributed by atoms with E-state index in [9.17, 15) is 40.5 Å². The number of aliphatic hydroxyl groups is 7. The number of ether oxygens (including phenoxy) is 3. The number of carboxylic acid groups (broad SMARTS) is 1. The zero-order chi connectivity index (χ0) is 22.1. The molecule has 2 saturated heterocycles. The zero-order valence-electron chi connectivity index (χ0n) is 16.1. The predicted octanol–water partition coefficient (Wildman–Crippen LogP) is -3.85. The van der Waals surface area contributed by atoms with Crippen LogP contribution in [0.4, 0.5) is 0 Å². The molecule has 2 aliphatic rings. The average molecular weight is 426 g/mol. The number of hydrogen-bond donors (Lipinski definition) is 8. The highest BCUT2D eigenvalue weighted by molar-refractivity contribution is 5.76. The molecule has 3 unspecified atom stereocenters. The second-order valence-corrected chi connectivity index (χ2v) is 7.67. The van der Waals surface area contributed by atoms with E-state index in [1.807, 2.05) is 0 Å². The quantitative estimate of drug-likeness (QED) is 0.197. The largest absolute Gasteiger partial charge is 0.477 e. The number of aliphatic hydroxyl groups excluding tert-OH is 7. The van der Waals surface area contributed by atoms with Crippen LogP contribution in [0.25, 0.3) is 0 Å².